The summed E-state index contributed by atoms with van der Waals surface area (Å²) in [5.74, 6) is 1.68. The molecular weight excluding hydrogens is 390 g/mol. The van der Waals surface area contributed by atoms with Crippen molar-refractivity contribution in [3.63, 3.8) is 0 Å². The normalized spacial score (nSPS) is 11.5. The summed E-state index contributed by atoms with van der Waals surface area (Å²) in [6, 6.07) is 13.4. The Kier molecular flexibility index (Phi) is 8.04. The summed E-state index contributed by atoms with van der Waals surface area (Å²) in [5, 5.41) is 10.9. The predicted molar refractivity (Wildman–Crippen MR) is 123 cm³/mol. The Bertz CT molecular complexity index is 1030. The molecule has 0 atom stereocenters. The largest absolute Gasteiger partial charge is 0.361 e. The van der Waals surface area contributed by atoms with Gasteiger partial charge in [-0.15, -0.1) is 0 Å². The second kappa shape index (κ2) is 11.2. The summed E-state index contributed by atoms with van der Waals surface area (Å²) in [5.41, 5.74) is 4.31. The zero-order chi connectivity index (χ0) is 22.1. The third kappa shape index (κ3) is 6.07. The first-order valence-electron chi connectivity index (χ1n) is 10.9. The van der Waals surface area contributed by atoms with Crippen LogP contribution in [0.4, 0.5) is 0 Å². The molecule has 7 heteroatoms. The van der Waals surface area contributed by atoms with Gasteiger partial charge in [0.25, 0.3) is 5.56 Å². The number of aliphatic imine (C=N–C) groups is 1. The van der Waals surface area contributed by atoms with Crippen LogP contribution in [0.3, 0.4) is 0 Å². The van der Waals surface area contributed by atoms with Gasteiger partial charge in [-0.2, -0.15) is 0 Å². The fourth-order valence-electron chi connectivity index (χ4n) is 3.36. The van der Waals surface area contributed by atoms with Gasteiger partial charge < -0.3 is 19.7 Å². The smallest absolute Gasteiger partial charge is 0.250 e. The Labute approximate surface area is 183 Å². The molecule has 0 bridgehead atoms. The van der Waals surface area contributed by atoms with E-state index in [1.54, 1.807) is 22.9 Å². The molecule has 3 rings (SSSR count). The number of pyridine rings is 1. The van der Waals surface area contributed by atoms with E-state index in [0.29, 0.717) is 19.6 Å². The minimum Gasteiger partial charge on any atom is -0.361 e. The average molecular weight is 422 g/mol. The molecule has 0 saturated heterocycles. The van der Waals surface area contributed by atoms with E-state index in [1.165, 1.54) is 0 Å². The number of benzene rings is 1. The second-order valence-corrected chi connectivity index (χ2v) is 7.27. The highest BCUT2D eigenvalue weighted by molar-refractivity contribution is 5.79. The predicted octanol–water partition coefficient (Wildman–Crippen LogP) is 3.26. The van der Waals surface area contributed by atoms with E-state index < -0.39 is 0 Å². The summed E-state index contributed by atoms with van der Waals surface area (Å²) < 4.78 is 7.14. The summed E-state index contributed by atoms with van der Waals surface area (Å²) in [6.45, 7) is 8.73. The fourth-order valence-corrected chi connectivity index (χ4v) is 3.36. The van der Waals surface area contributed by atoms with Crippen LogP contribution < -0.4 is 16.2 Å². The van der Waals surface area contributed by atoms with Crippen molar-refractivity contribution in [2.45, 2.75) is 53.2 Å². The monoisotopic (exact) mass is 421 g/mol. The minimum atomic E-state index is 0.00261. The average Bonchev–Trinajstić information content (AvgIpc) is 3.20. The molecule has 0 aliphatic rings. The van der Waals surface area contributed by atoms with Crippen LogP contribution in [-0.2, 0) is 32.5 Å². The molecule has 1 aromatic carbocycles. The molecule has 0 saturated carbocycles. The van der Waals surface area contributed by atoms with Crippen molar-refractivity contribution in [3.8, 4) is 0 Å². The highest BCUT2D eigenvalue weighted by atomic mass is 16.5. The van der Waals surface area contributed by atoms with E-state index in [9.17, 15) is 4.79 Å². The molecule has 0 aliphatic carbocycles. The SMILES string of the molecule is CCNC(=NCc1ccc(Cn2ccccc2=O)cc1)NCc1c(CC)noc1CC. The van der Waals surface area contributed by atoms with Gasteiger partial charge in [-0.1, -0.05) is 49.3 Å². The standard InChI is InChI=1S/C24H31N5O2/c1-4-21-20(22(5-2)31-28-21)16-27-24(25-6-3)26-15-18-10-12-19(13-11-18)17-29-14-8-7-9-23(29)30/h7-14H,4-6,15-17H2,1-3H3,(H2,25,26,27). The van der Waals surface area contributed by atoms with Crippen LogP contribution in [0.25, 0.3) is 0 Å². The first-order valence-corrected chi connectivity index (χ1v) is 10.9. The highest BCUT2D eigenvalue weighted by Gasteiger charge is 2.13. The van der Waals surface area contributed by atoms with Crippen LogP contribution >= 0.6 is 0 Å². The number of guanidine groups is 1. The molecule has 0 radical (unpaired) electrons. The van der Waals surface area contributed by atoms with Crippen molar-refractivity contribution in [3.05, 3.63) is 87.2 Å². The molecule has 2 aromatic heterocycles. The lowest BCUT2D eigenvalue weighted by Crippen LogP contribution is -2.37. The summed E-state index contributed by atoms with van der Waals surface area (Å²) in [6.07, 6.45) is 3.47. The summed E-state index contributed by atoms with van der Waals surface area (Å²) in [4.78, 5) is 16.6. The third-order valence-corrected chi connectivity index (χ3v) is 5.08. The minimum absolute atomic E-state index is 0.00261. The van der Waals surface area contributed by atoms with Gasteiger partial charge in [0.2, 0.25) is 0 Å². The number of nitrogens with zero attached hydrogens (tertiary/aromatic N) is 3. The van der Waals surface area contributed by atoms with Gasteiger partial charge in [-0.3, -0.25) is 4.79 Å². The van der Waals surface area contributed by atoms with Crippen LogP contribution in [0, 0.1) is 0 Å². The number of aryl methyl sites for hydroxylation is 2. The number of nitrogens with one attached hydrogen (secondary N) is 2. The number of aromatic nitrogens is 2. The van der Waals surface area contributed by atoms with Crippen LogP contribution in [0.2, 0.25) is 0 Å². The lowest BCUT2D eigenvalue weighted by Gasteiger charge is -2.12. The Morgan fingerprint density at radius 3 is 2.48 bits per heavy atom. The number of hydrogen-bond acceptors (Lipinski definition) is 4. The van der Waals surface area contributed by atoms with Gasteiger partial charge in [0.05, 0.1) is 18.8 Å². The number of hydrogen-bond donors (Lipinski definition) is 2. The maximum absolute atomic E-state index is 11.9. The molecule has 0 unspecified atom stereocenters. The van der Waals surface area contributed by atoms with Gasteiger partial charge >= 0.3 is 0 Å². The third-order valence-electron chi connectivity index (χ3n) is 5.08. The maximum Gasteiger partial charge on any atom is 0.250 e. The Morgan fingerprint density at radius 1 is 1.03 bits per heavy atom. The van der Waals surface area contributed by atoms with Gasteiger partial charge in [0.1, 0.15) is 5.76 Å². The molecule has 0 spiro atoms. The quantitative estimate of drug-likeness (QED) is 0.409. The Morgan fingerprint density at radius 2 is 1.81 bits per heavy atom. The topological polar surface area (TPSA) is 84.5 Å². The van der Waals surface area contributed by atoms with Crippen molar-refractivity contribution >= 4 is 5.96 Å². The summed E-state index contributed by atoms with van der Waals surface area (Å²) >= 11 is 0. The first-order chi connectivity index (χ1) is 15.1. The Balaban J connectivity index is 1.63. The molecule has 3 aromatic rings. The van der Waals surface area contributed by atoms with Gasteiger partial charge in [-0.05, 0) is 30.5 Å². The van der Waals surface area contributed by atoms with E-state index in [2.05, 4.69) is 41.8 Å². The zero-order valence-electron chi connectivity index (χ0n) is 18.5. The van der Waals surface area contributed by atoms with Crippen LogP contribution in [0.5, 0.6) is 0 Å². The molecular formula is C24H31N5O2. The first kappa shape index (κ1) is 22.3. The molecule has 0 aliphatic heterocycles. The lowest BCUT2D eigenvalue weighted by molar-refractivity contribution is 0.380. The van der Waals surface area contributed by atoms with Crippen LogP contribution in [0.15, 0.2) is 63.0 Å². The van der Waals surface area contributed by atoms with Crippen molar-refractivity contribution in [2.75, 3.05) is 6.54 Å². The molecule has 31 heavy (non-hydrogen) atoms. The zero-order valence-corrected chi connectivity index (χ0v) is 18.5. The van der Waals surface area contributed by atoms with E-state index in [-0.39, 0.29) is 5.56 Å². The second-order valence-electron chi connectivity index (χ2n) is 7.27. The van der Waals surface area contributed by atoms with E-state index in [1.807, 2.05) is 25.1 Å². The van der Waals surface area contributed by atoms with Crippen LogP contribution in [0.1, 0.15) is 48.9 Å². The van der Waals surface area contributed by atoms with Crippen molar-refractivity contribution in [1.29, 1.82) is 0 Å². The van der Waals surface area contributed by atoms with Crippen molar-refractivity contribution in [2.24, 2.45) is 4.99 Å². The molecule has 7 nitrogen and oxygen atoms in total. The van der Waals surface area contributed by atoms with Gasteiger partial charge in [0.15, 0.2) is 5.96 Å². The van der Waals surface area contributed by atoms with Crippen LogP contribution in [-0.4, -0.2) is 22.2 Å². The molecule has 0 amide bonds. The molecule has 164 valence electrons. The summed E-state index contributed by atoms with van der Waals surface area (Å²) in [7, 11) is 0. The van der Waals surface area contributed by atoms with Crippen molar-refractivity contribution < 1.29 is 4.52 Å². The lowest BCUT2D eigenvalue weighted by atomic mass is 10.1. The van der Waals surface area contributed by atoms with E-state index in [4.69, 9.17) is 9.52 Å². The van der Waals surface area contributed by atoms with E-state index in [0.717, 1.165) is 53.5 Å². The van der Waals surface area contributed by atoms with Gasteiger partial charge in [0, 0.05) is 37.3 Å². The Hall–Kier alpha value is -3.35. The van der Waals surface area contributed by atoms with Crippen molar-refractivity contribution in [1.82, 2.24) is 20.4 Å². The number of rotatable bonds is 9. The molecule has 2 heterocycles. The molecule has 2 N–H and O–H groups in total. The van der Waals surface area contributed by atoms with Gasteiger partial charge in [-0.25, -0.2) is 4.99 Å². The molecule has 0 fully saturated rings. The fraction of sp³-hybridized carbons (Fsp3) is 0.375. The highest BCUT2D eigenvalue weighted by Crippen LogP contribution is 2.15. The maximum atomic E-state index is 11.9. The van der Waals surface area contributed by atoms with E-state index >= 15 is 0 Å².